The standard InChI is InChI=1S/C13H18O3/c1-8(7-12-9(2)16-12)10-5-4-6-11(15-3)13(10)14/h4-6,8-9,12,14H,7H2,1-3H3. The Balaban J connectivity index is 2.12. The van der Waals surface area contributed by atoms with E-state index in [2.05, 4.69) is 13.8 Å². The van der Waals surface area contributed by atoms with Crippen molar-refractivity contribution < 1.29 is 14.6 Å². The van der Waals surface area contributed by atoms with Crippen LogP contribution in [0.5, 0.6) is 11.5 Å². The summed E-state index contributed by atoms with van der Waals surface area (Å²) in [6, 6.07) is 5.61. The smallest absolute Gasteiger partial charge is 0.161 e. The molecule has 3 unspecified atom stereocenters. The number of phenols is 1. The molecule has 3 heteroatoms. The summed E-state index contributed by atoms with van der Waals surface area (Å²) in [4.78, 5) is 0. The molecule has 0 aromatic heterocycles. The molecule has 88 valence electrons. The second kappa shape index (κ2) is 4.34. The summed E-state index contributed by atoms with van der Waals surface area (Å²) in [5.41, 5.74) is 0.932. The molecular weight excluding hydrogens is 204 g/mol. The first-order chi connectivity index (χ1) is 7.63. The van der Waals surface area contributed by atoms with Crippen LogP contribution in [0.25, 0.3) is 0 Å². The van der Waals surface area contributed by atoms with Crippen LogP contribution in [-0.2, 0) is 4.74 Å². The zero-order chi connectivity index (χ0) is 11.7. The molecule has 0 amide bonds. The van der Waals surface area contributed by atoms with Crippen molar-refractivity contribution in [2.24, 2.45) is 0 Å². The normalized spacial score (nSPS) is 25.2. The topological polar surface area (TPSA) is 42.0 Å². The van der Waals surface area contributed by atoms with Crippen molar-refractivity contribution in [3.63, 3.8) is 0 Å². The van der Waals surface area contributed by atoms with E-state index >= 15 is 0 Å². The van der Waals surface area contributed by atoms with Crippen LogP contribution in [0.3, 0.4) is 0 Å². The van der Waals surface area contributed by atoms with Gasteiger partial charge in [-0.15, -0.1) is 0 Å². The zero-order valence-electron chi connectivity index (χ0n) is 9.93. The molecule has 1 aliphatic heterocycles. The molecule has 1 aliphatic rings. The molecule has 0 radical (unpaired) electrons. The van der Waals surface area contributed by atoms with Gasteiger partial charge in [-0.1, -0.05) is 19.1 Å². The Labute approximate surface area is 96.0 Å². The van der Waals surface area contributed by atoms with Gasteiger partial charge in [0, 0.05) is 5.56 Å². The molecule has 3 atom stereocenters. The van der Waals surface area contributed by atoms with Gasteiger partial charge in [-0.05, 0) is 25.3 Å². The minimum atomic E-state index is 0.255. The minimum absolute atomic E-state index is 0.255. The molecule has 1 saturated heterocycles. The maximum atomic E-state index is 9.99. The second-order valence-corrected chi connectivity index (χ2v) is 4.41. The molecule has 0 spiro atoms. The quantitative estimate of drug-likeness (QED) is 0.796. The van der Waals surface area contributed by atoms with E-state index in [-0.39, 0.29) is 11.7 Å². The van der Waals surface area contributed by atoms with Crippen LogP contribution < -0.4 is 4.74 Å². The Bertz CT molecular complexity index is 375. The molecule has 1 heterocycles. The van der Waals surface area contributed by atoms with Crippen molar-refractivity contribution in [2.45, 2.75) is 38.4 Å². The molecule has 16 heavy (non-hydrogen) atoms. The maximum Gasteiger partial charge on any atom is 0.161 e. The molecule has 0 bridgehead atoms. The van der Waals surface area contributed by atoms with Gasteiger partial charge in [0.25, 0.3) is 0 Å². The molecule has 1 fully saturated rings. The van der Waals surface area contributed by atoms with Gasteiger partial charge in [-0.2, -0.15) is 0 Å². The number of epoxide rings is 1. The van der Waals surface area contributed by atoms with Crippen LogP contribution in [-0.4, -0.2) is 24.4 Å². The lowest BCUT2D eigenvalue weighted by Gasteiger charge is -2.14. The fourth-order valence-electron chi connectivity index (χ4n) is 2.05. The van der Waals surface area contributed by atoms with Crippen LogP contribution in [0.2, 0.25) is 0 Å². The van der Waals surface area contributed by atoms with E-state index in [1.807, 2.05) is 12.1 Å². The highest BCUT2D eigenvalue weighted by Gasteiger charge is 2.35. The van der Waals surface area contributed by atoms with Crippen LogP contribution >= 0.6 is 0 Å². The first-order valence-electron chi connectivity index (χ1n) is 5.64. The molecule has 1 N–H and O–H groups in total. The lowest BCUT2D eigenvalue weighted by atomic mass is 9.94. The summed E-state index contributed by atoms with van der Waals surface area (Å²) in [5.74, 6) is 1.07. The number of hydrogen-bond donors (Lipinski definition) is 1. The number of hydrogen-bond acceptors (Lipinski definition) is 3. The Morgan fingerprint density at radius 1 is 1.50 bits per heavy atom. The molecular formula is C13H18O3. The fraction of sp³-hybridized carbons (Fsp3) is 0.538. The van der Waals surface area contributed by atoms with Gasteiger partial charge in [0.2, 0.25) is 0 Å². The lowest BCUT2D eigenvalue weighted by Crippen LogP contribution is -2.01. The SMILES string of the molecule is COc1cccc(C(C)CC2OC2C)c1O. The molecule has 0 saturated carbocycles. The Kier molecular flexibility index (Phi) is 3.06. The van der Waals surface area contributed by atoms with Crippen LogP contribution in [0, 0.1) is 0 Å². The van der Waals surface area contributed by atoms with E-state index in [4.69, 9.17) is 9.47 Å². The third kappa shape index (κ3) is 2.14. The van der Waals surface area contributed by atoms with Crippen molar-refractivity contribution in [3.8, 4) is 11.5 Å². The third-order valence-electron chi connectivity index (χ3n) is 3.20. The van der Waals surface area contributed by atoms with Crippen molar-refractivity contribution in [3.05, 3.63) is 23.8 Å². The first-order valence-corrected chi connectivity index (χ1v) is 5.64. The highest BCUT2D eigenvalue weighted by atomic mass is 16.6. The van der Waals surface area contributed by atoms with E-state index in [1.165, 1.54) is 0 Å². The number of ether oxygens (including phenoxy) is 2. The van der Waals surface area contributed by atoms with Gasteiger partial charge in [-0.3, -0.25) is 0 Å². The largest absolute Gasteiger partial charge is 0.504 e. The van der Waals surface area contributed by atoms with Crippen LogP contribution in [0.1, 0.15) is 31.7 Å². The van der Waals surface area contributed by atoms with Gasteiger partial charge in [0.15, 0.2) is 11.5 Å². The van der Waals surface area contributed by atoms with Gasteiger partial charge in [0.05, 0.1) is 19.3 Å². The Morgan fingerprint density at radius 3 is 2.75 bits per heavy atom. The summed E-state index contributed by atoms with van der Waals surface area (Å²) in [7, 11) is 1.57. The zero-order valence-corrected chi connectivity index (χ0v) is 9.93. The molecule has 1 aromatic carbocycles. The monoisotopic (exact) mass is 222 g/mol. The highest BCUT2D eigenvalue weighted by Crippen LogP contribution is 2.39. The molecule has 1 aromatic rings. The summed E-state index contributed by atoms with van der Waals surface area (Å²) in [6.45, 7) is 4.17. The van der Waals surface area contributed by atoms with Gasteiger partial charge in [-0.25, -0.2) is 0 Å². The summed E-state index contributed by atoms with van der Waals surface area (Å²) < 4.78 is 10.5. The highest BCUT2D eigenvalue weighted by molar-refractivity contribution is 5.46. The summed E-state index contributed by atoms with van der Waals surface area (Å²) in [6.07, 6.45) is 1.66. The van der Waals surface area contributed by atoms with Gasteiger partial charge >= 0.3 is 0 Å². The molecule has 2 rings (SSSR count). The second-order valence-electron chi connectivity index (χ2n) is 4.41. The van der Waals surface area contributed by atoms with E-state index in [1.54, 1.807) is 13.2 Å². The Hall–Kier alpha value is -1.22. The predicted octanol–water partition coefficient (Wildman–Crippen LogP) is 2.68. The van der Waals surface area contributed by atoms with E-state index < -0.39 is 0 Å². The number of aromatic hydroxyl groups is 1. The van der Waals surface area contributed by atoms with E-state index in [9.17, 15) is 5.11 Å². The van der Waals surface area contributed by atoms with E-state index in [0.717, 1.165) is 12.0 Å². The van der Waals surface area contributed by atoms with Crippen molar-refractivity contribution >= 4 is 0 Å². The number of para-hydroxylation sites is 1. The average molecular weight is 222 g/mol. The lowest BCUT2D eigenvalue weighted by molar-refractivity contribution is 0.353. The number of phenolic OH excluding ortho intramolecular Hbond substituents is 1. The van der Waals surface area contributed by atoms with Crippen molar-refractivity contribution in [1.82, 2.24) is 0 Å². The maximum absolute atomic E-state index is 9.99. The number of methoxy groups -OCH3 is 1. The van der Waals surface area contributed by atoms with Crippen molar-refractivity contribution in [1.29, 1.82) is 0 Å². The predicted molar refractivity (Wildman–Crippen MR) is 62.0 cm³/mol. The summed E-state index contributed by atoms with van der Waals surface area (Å²) >= 11 is 0. The summed E-state index contributed by atoms with van der Waals surface area (Å²) in [5, 5.41) is 9.99. The average Bonchev–Trinajstić information content (AvgIpc) is 2.94. The Morgan fingerprint density at radius 2 is 2.19 bits per heavy atom. The van der Waals surface area contributed by atoms with Crippen LogP contribution in [0.4, 0.5) is 0 Å². The third-order valence-corrected chi connectivity index (χ3v) is 3.20. The number of rotatable bonds is 4. The number of benzene rings is 1. The molecule has 3 nitrogen and oxygen atoms in total. The minimum Gasteiger partial charge on any atom is -0.504 e. The van der Waals surface area contributed by atoms with Gasteiger partial charge < -0.3 is 14.6 Å². The van der Waals surface area contributed by atoms with Crippen LogP contribution in [0.15, 0.2) is 18.2 Å². The molecule has 0 aliphatic carbocycles. The van der Waals surface area contributed by atoms with E-state index in [0.29, 0.717) is 18.0 Å². The fourth-order valence-corrected chi connectivity index (χ4v) is 2.05. The van der Waals surface area contributed by atoms with Crippen molar-refractivity contribution in [2.75, 3.05) is 7.11 Å². The first kappa shape index (κ1) is 11.3. The van der Waals surface area contributed by atoms with Gasteiger partial charge in [0.1, 0.15) is 0 Å².